The second kappa shape index (κ2) is 8.33. The van der Waals surface area contributed by atoms with Crippen molar-refractivity contribution in [2.24, 2.45) is 0 Å². The maximum atomic E-state index is 12.2. The fourth-order valence-electron chi connectivity index (χ4n) is 2.55. The Labute approximate surface area is 165 Å². The normalized spacial score (nSPS) is 11.8. The van der Waals surface area contributed by atoms with E-state index in [1.54, 1.807) is 18.2 Å². The molecule has 3 rings (SSSR count). The highest BCUT2D eigenvalue weighted by molar-refractivity contribution is 6.42. The van der Waals surface area contributed by atoms with E-state index in [1.807, 2.05) is 37.3 Å². The molecule has 1 aromatic heterocycles. The summed E-state index contributed by atoms with van der Waals surface area (Å²) in [5.74, 6) is 0.241. The average molecular weight is 406 g/mol. The van der Waals surface area contributed by atoms with Crippen LogP contribution >= 0.6 is 23.2 Å². The summed E-state index contributed by atoms with van der Waals surface area (Å²) >= 11 is 12.0. The average Bonchev–Trinajstić information content (AvgIpc) is 3.02. The van der Waals surface area contributed by atoms with Gasteiger partial charge in [-0.1, -0.05) is 59.6 Å². The number of nitrogens with zero attached hydrogens (tertiary/aromatic N) is 1. The predicted octanol–water partition coefficient (Wildman–Crippen LogP) is 4.84. The Balaban J connectivity index is 1.67. The number of benzene rings is 2. The van der Waals surface area contributed by atoms with Gasteiger partial charge in [-0.3, -0.25) is 15.2 Å². The van der Waals surface area contributed by atoms with Crippen LogP contribution < -0.4 is 10.9 Å². The van der Waals surface area contributed by atoms with Gasteiger partial charge in [-0.05, 0) is 30.2 Å². The van der Waals surface area contributed by atoms with E-state index in [4.69, 9.17) is 27.9 Å². The maximum absolute atomic E-state index is 12.2. The first-order chi connectivity index (χ1) is 12.9. The Bertz CT molecular complexity index is 999. The molecule has 0 aliphatic heterocycles. The zero-order chi connectivity index (χ0) is 19.4. The lowest BCUT2D eigenvalue weighted by Crippen LogP contribution is -2.21. The second-order valence-corrected chi connectivity index (χ2v) is 6.73. The molecule has 0 spiro atoms. The molecule has 1 atom stereocenters. The van der Waals surface area contributed by atoms with Gasteiger partial charge < -0.3 is 4.74 Å². The van der Waals surface area contributed by atoms with Crippen molar-refractivity contribution in [2.45, 2.75) is 19.6 Å². The molecule has 0 radical (unpaired) electrons. The Kier molecular flexibility index (Phi) is 5.88. The van der Waals surface area contributed by atoms with Crippen LogP contribution in [0.25, 0.3) is 0 Å². The molecule has 3 aromatic rings. The second-order valence-electron chi connectivity index (χ2n) is 5.91. The number of ether oxygens (including phenoxy) is 1. The van der Waals surface area contributed by atoms with E-state index in [-0.39, 0.29) is 24.0 Å². The molecule has 0 aliphatic rings. The van der Waals surface area contributed by atoms with Crippen LogP contribution in [0.1, 0.15) is 24.1 Å². The molecule has 2 N–H and O–H groups in total. The van der Waals surface area contributed by atoms with Crippen LogP contribution in [0.5, 0.6) is 0 Å². The van der Waals surface area contributed by atoms with Crippen molar-refractivity contribution in [1.82, 2.24) is 9.78 Å². The van der Waals surface area contributed by atoms with Gasteiger partial charge >= 0.3 is 6.09 Å². The minimum Gasteiger partial charge on any atom is -0.444 e. The van der Waals surface area contributed by atoms with Gasteiger partial charge in [0.15, 0.2) is 0 Å². The number of aromatic nitrogens is 2. The number of nitrogens with one attached hydrogen (secondary N) is 2. The van der Waals surface area contributed by atoms with Crippen molar-refractivity contribution in [1.29, 1.82) is 0 Å². The summed E-state index contributed by atoms with van der Waals surface area (Å²) in [7, 11) is 0. The summed E-state index contributed by atoms with van der Waals surface area (Å²) in [6.45, 7) is 1.96. The number of H-pyrrole nitrogens is 1. The van der Waals surface area contributed by atoms with Gasteiger partial charge in [-0.25, -0.2) is 9.48 Å². The van der Waals surface area contributed by atoms with Crippen molar-refractivity contribution in [3.63, 3.8) is 0 Å². The summed E-state index contributed by atoms with van der Waals surface area (Å²) in [5, 5.41) is 6.22. The lowest BCUT2D eigenvalue weighted by molar-refractivity contribution is 0.155. The standard InChI is InChI=1S/C19H17Cl2N3O3/c1-12(14-7-8-15(20)16(21)9-14)24-18(25)10-17(23-24)22-19(26)27-11-13-5-3-2-4-6-13/h2-10,12,23H,11H2,1H3,(H,22,26). The Morgan fingerprint density at radius 1 is 1.15 bits per heavy atom. The molecule has 0 bridgehead atoms. The van der Waals surface area contributed by atoms with Crippen molar-refractivity contribution < 1.29 is 9.53 Å². The van der Waals surface area contributed by atoms with E-state index < -0.39 is 6.09 Å². The molecular weight excluding hydrogens is 389 g/mol. The topological polar surface area (TPSA) is 76.1 Å². The Hall–Kier alpha value is -2.70. The lowest BCUT2D eigenvalue weighted by atomic mass is 10.1. The molecule has 2 aromatic carbocycles. The first-order valence-corrected chi connectivity index (χ1v) is 8.94. The Morgan fingerprint density at radius 3 is 2.59 bits per heavy atom. The van der Waals surface area contributed by atoms with Gasteiger partial charge in [0.25, 0.3) is 5.56 Å². The van der Waals surface area contributed by atoms with Gasteiger partial charge in [-0.2, -0.15) is 0 Å². The number of rotatable bonds is 5. The smallest absolute Gasteiger partial charge is 0.413 e. The van der Waals surface area contributed by atoms with Gasteiger partial charge in [0.2, 0.25) is 0 Å². The summed E-state index contributed by atoms with van der Waals surface area (Å²) < 4.78 is 6.52. The number of hydrogen-bond donors (Lipinski definition) is 2. The maximum Gasteiger partial charge on any atom is 0.413 e. The van der Waals surface area contributed by atoms with Crippen LogP contribution in [0.4, 0.5) is 10.6 Å². The SMILES string of the molecule is CC(c1ccc(Cl)c(Cl)c1)n1[nH]c(NC(=O)OCc2ccccc2)cc1=O. The molecule has 1 heterocycles. The third kappa shape index (κ3) is 4.72. The summed E-state index contributed by atoms with van der Waals surface area (Å²) in [6.07, 6.45) is -0.658. The molecule has 27 heavy (non-hydrogen) atoms. The number of aromatic amines is 1. The monoisotopic (exact) mass is 405 g/mol. The van der Waals surface area contributed by atoms with Crippen LogP contribution in [-0.4, -0.2) is 15.9 Å². The molecule has 8 heteroatoms. The van der Waals surface area contributed by atoms with Crippen LogP contribution in [0, 0.1) is 0 Å². The molecule has 140 valence electrons. The third-order valence-electron chi connectivity index (χ3n) is 4.01. The van der Waals surface area contributed by atoms with E-state index in [0.717, 1.165) is 11.1 Å². The summed E-state index contributed by atoms with van der Waals surface area (Å²) in [5.41, 5.74) is 1.37. The Morgan fingerprint density at radius 2 is 1.89 bits per heavy atom. The first-order valence-electron chi connectivity index (χ1n) is 8.18. The quantitative estimate of drug-likeness (QED) is 0.637. The van der Waals surface area contributed by atoms with Gasteiger partial charge in [0.05, 0.1) is 16.1 Å². The minimum atomic E-state index is -0.658. The van der Waals surface area contributed by atoms with E-state index >= 15 is 0 Å². The highest BCUT2D eigenvalue weighted by atomic mass is 35.5. The molecule has 1 amide bonds. The van der Waals surface area contributed by atoms with E-state index in [9.17, 15) is 9.59 Å². The van der Waals surface area contributed by atoms with Gasteiger partial charge in [-0.15, -0.1) is 0 Å². The molecule has 1 unspecified atom stereocenters. The number of carbonyl (C=O) groups excluding carboxylic acids is 1. The van der Waals surface area contributed by atoms with Gasteiger partial charge in [0, 0.05) is 6.07 Å². The summed E-state index contributed by atoms with van der Waals surface area (Å²) in [6, 6.07) is 15.4. The minimum absolute atomic E-state index is 0.136. The van der Waals surface area contributed by atoms with Gasteiger partial charge in [0.1, 0.15) is 12.4 Å². The molecular formula is C19H17Cl2N3O3. The molecule has 6 nitrogen and oxygen atoms in total. The number of carbonyl (C=O) groups is 1. The molecule has 0 saturated carbocycles. The third-order valence-corrected chi connectivity index (χ3v) is 4.75. The lowest BCUT2D eigenvalue weighted by Gasteiger charge is -2.14. The van der Waals surface area contributed by atoms with E-state index in [0.29, 0.717) is 10.0 Å². The number of hydrogen-bond acceptors (Lipinski definition) is 3. The van der Waals surface area contributed by atoms with Crippen molar-refractivity contribution in [3.8, 4) is 0 Å². The predicted molar refractivity (Wildman–Crippen MR) is 106 cm³/mol. The molecule has 0 fully saturated rings. The van der Waals surface area contributed by atoms with Crippen molar-refractivity contribution in [3.05, 3.63) is 86.1 Å². The zero-order valence-corrected chi connectivity index (χ0v) is 15.9. The number of anilines is 1. The fraction of sp³-hybridized carbons (Fsp3) is 0.158. The van der Waals surface area contributed by atoms with Crippen LogP contribution in [-0.2, 0) is 11.3 Å². The summed E-state index contributed by atoms with van der Waals surface area (Å²) in [4.78, 5) is 24.2. The number of amides is 1. The van der Waals surface area contributed by atoms with E-state index in [1.165, 1.54) is 10.7 Å². The zero-order valence-electron chi connectivity index (χ0n) is 14.4. The number of halogens is 2. The molecule has 0 aliphatic carbocycles. The fourth-order valence-corrected chi connectivity index (χ4v) is 2.86. The van der Waals surface area contributed by atoms with Crippen molar-refractivity contribution >= 4 is 35.1 Å². The largest absolute Gasteiger partial charge is 0.444 e. The first kappa shape index (κ1) is 19.1. The highest BCUT2D eigenvalue weighted by Gasteiger charge is 2.15. The van der Waals surface area contributed by atoms with Crippen LogP contribution in [0.2, 0.25) is 10.0 Å². The van der Waals surface area contributed by atoms with Crippen molar-refractivity contribution in [2.75, 3.05) is 5.32 Å². The van der Waals surface area contributed by atoms with Crippen LogP contribution in [0.15, 0.2) is 59.4 Å². The van der Waals surface area contributed by atoms with E-state index in [2.05, 4.69) is 10.4 Å². The molecule has 0 saturated heterocycles. The highest BCUT2D eigenvalue weighted by Crippen LogP contribution is 2.26. The van der Waals surface area contributed by atoms with Crippen LogP contribution in [0.3, 0.4) is 0 Å².